The molecule has 2 fully saturated rings. The average molecular weight is 455 g/mol. The summed E-state index contributed by atoms with van der Waals surface area (Å²) >= 11 is 6.55. The summed E-state index contributed by atoms with van der Waals surface area (Å²) in [6, 6.07) is 7.05. The molecule has 156 valence electrons. The number of sulfone groups is 1. The van der Waals surface area contributed by atoms with Crippen LogP contribution >= 0.6 is 24.0 Å². The predicted octanol–water partition coefficient (Wildman–Crippen LogP) is 1.98. The number of rotatable bonds is 7. The third-order valence-electron chi connectivity index (χ3n) is 4.67. The van der Waals surface area contributed by atoms with E-state index in [0.717, 1.165) is 11.3 Å². The Labute approximate surface area is 179 Å². The molecule has 2 aliphatic rings. The number of nitrogens with one attached hydrogen (secondary N) is 1. The molecule has 1 atom stereocenters. The number of thioether (sulfide) groups is 1. The Morgan fingerprint density at radius 3 is 2.72 bits per heavy atom. The molecule has 1 aromatic carbocycles. The standard InChI is InChI=1S/C19H22N2O5S3/c1-26-15-6-4-13(5-7-15)11-16-18(23)21(19(27)28-16)9-2-3-17(22)20-14-8-10-29(24,25)12-14/h4-7,11,14H,2-3,8-10,12H2,1H3,(H,20,22)/b16-11-. The number of methoxy groups -OCH3 is 1. The van der Waals surface area contributed by atoms with Crippen molar-refractivity contribution >= 4 is 56.0 Å². The first-order valence-corrected chi connectivity index (χ1v) is 12.2. The fourth-order valence-corrected chi connectivity index (χ4v) is 6.13. The van der Waals surface area contributed by atoms with Gasteiger partial charge in [0.1, 0.15) is 10.1 Å². The van der Waals surface area contributed by atoms with E-state index in [-0.39, 0.29) is 35.8 Å². The second-order valence-corrected chi connectivity index (χ2v) is 10.8. The van der Waals surface area contributed by atoms with Gasteiger partial charge in [-0.05, 0) is 36.6 Å². The molecule has 29 heavy (non-hydrogen) atoms. The average Bonchev–Trinajstić information content (AvgIpc) is 3.15. The quantitative estimate of drug-likeness (QED) is 0.497. The fraction of sp³-hybridized carbons (Fsp3) is 0.421. The number of carbonyl (C=O) groups excluding carboxylic acids is 2. The van der Waals surface area contributed by atoms with E-state index < -0.39 is 9.84 Å². The number of thiocarbonyl (C=S) groups is 1. The molecule has 3 rings (SSSR count). The van der Waals surface area contributed by atoms with E-state index in [1.165, 1.54) is 16.7 Å². The van der Waals surface area contributed by atoms with Crippen molar-refractivity contribution in [3.63, 3.8) is 0 Å². The number of amides is 2. The van der Waals surface area contributed by atoms with Gasteiger partial charge in [-0.3, -0.25) is 14.5 Å². The number of hydrogen-bond acceptors (Lipinski definition) is 7. The Morgan fingerprint density at radius 2 is 2.10 bits per heavy atom. The van der Waals surface area contributed by atoms with Crippen LogP contribution in [0, 0.1) is 0 Å². The van der Waals surface area contributed by atoms with Gasteiger partial charge < -0.3 is 10.1 Å². The third kappa shape index (κ3) is 5.80. The Hall–Kier alpha value is -1.91. The highest BCUT2D eigenvalue weighted by Gasteiger charge is 2.32. The SMILES string of the molecule is COc1ccc(/C=C2\SC(=S)N(CCCC(=O)NC3CCS(=O)(=O)C3)C2=O)cc1. The monoisotopic (exact) mass is 454 g/mol. The fourth-order valence-electron chi connectivity index (χ4n) is 3.15. The van der Waals surface area contributed by atoms with E-state index in [9.17, 15) is 18.0 Å². The minimum atomic E-state index is -3.03. The lowest BCUT2D eigenvalue weighted by molar-refractivity contribution is -0.124. The number of carbonyl (C=O) groups is 2. The third-order valence-corrected chi connectivity index (χ3v) is 7.82. The zero-order valence-electron chi connectivity index (χ0n) is 15.9. The maximum absolute atomic E-state index is 12.6. The zero-order valence-corrected chi connectivity index (χ0v) is 18.4. The van der Waals surface area contributed by atoms with Crippen LogP contribution in [0.25, 0.3) is 6.08 Å². The van der Waals surface area contributed by atoms with Crippen LogP contribution in [0.2, 0.25) is 0 Å². The summed E-state index contributed by atoms with van der Waals surface area (Å²) < 4.78 is 28.5. The molecule has 2 amide bonds. The van der Waals surface area contributed by atoms with Gasteiger partial charge in [0.2, 0.25) is 5.91 Å². The Morgan fingerprint density at radius 1 is 1.38 bits per heavy atom. The number of hydrogen-bond donors (Lipinski definition) is 1. The van der Waals surface area contributed by atoms with Crippen LogP contribution in [0.5, 0.6) is 5.75 Å². The van der Waals surface area contributed by atoms with Crippen LogP contribution in [0.15, 0.2) is 29.2 Å². The molecule has 2 saturated heterocycles. The number of nitrogens with zero attached hydrogens (tertiary/aromatic N) is 1. The molecule has 2 aliphatic heterocycles. The largest absolute Gasteiger partial charge is 0.497 e. The van der Waals surface area contributed by atoms with Crippen molar-refractivity contribution < 1.29 is 22.7 Å². The van der Waals surface area contributed by atoms with E-state index in [4.69, 9.17) is 17.0 Å². The topological polar surface area (TPSA) is 92.8 Å². The van der Waals surface area contributed by atoms with E-state index >= 15 is 0 Å². The first-order chi connectivity index (χ1) is 13.8. The minimum absolute atomic E-state index is 0.00356. The van der Waals surface area contributed by atoms with Gasteiger partial charge in [0.05, 0.1) is 23.5 Å². The summed E-state index contributed by atoms with van der Waals surface area (Å²) in [5.41, 5.74) is 0.872. The first-order valence-electron chi connectivity index (χ1n) is 9.16. The molecule has 2 heterocycles. The lowest BCUT2D eigenvalue weighted by Crippen LogP contribution is -2.36. The van der Waals surface area contributed by atoms with Crippen molar-refractivity contribution in [1.29, 1.82) is 0 Å². The molecule has 0 aliphatic carbocycles. The summed E-state index contributed by atoms with van der Waals surface area (Å²) in [6.07, 6.45) is 2.91. The highest BCUT2D eigenvalue weighted by molar-refractivity contribution is 8.26. The molecule has 0 bridgehead atoms. The van der Waals surface area contributed by atoms with E-state index in [0.29, 0.717) is 28.6 Å². The summed E-state index contributed by atoms with van der Waals surface area (Å²) in [4.78, 5) is 26.7. The second kappa shape index (κ2) is 9.27. The molecular formula is C19H22N2O5S3. The lowest BCUT2D eigenvalue weighted by atomic mass is 10.2. The van der Waals surface area contributed by atoms with Crippen LogP contribution in [-0.2, 0) is 19.4 Å². The summed E-state index contributed by atoms with van der Waals surface area (Å²) in [5.74, 6) is 0.492. The minimum Gasteiger partial charge on any atom is -0.497 e. The number of ether oxygens (including phenoxy) is 1. The zero-order chi connectivity index (χ0) is 21.0. The molecule has 0 aromatic heterocycles. The van der Waals surface area contributed by atoms with Crippen molar-refractivity contribution in [1.82, 2.24) is 10.2 Å². The summed E-state index contributed by atoms with van der Waals surface area (Å²) in [7, 11) is -1.43. The Kier molecular flexibility index (Phi) is 6.97. The first kappa shape index (κ1) is 21.8. The van der Waals surface area contributed by atoms with Gasteiger partial charge in [0, 0.05) is 19.0 Å². The van der Waals surface area contributed by atoms with Crippen molar-refractivity contribution in [3.05, 3.63) is 34.7 Å². The number of benzene rings is 1. The van der Waals surface area contributed by atoms with Crippen molar-refractivity contribution in [2.75, 3.05) is 25.2 Å². The summed E-state index contributed by atoms with van der Waals surface area (Å²) in [5, 5.41) is 2.75. The van der Waals surface area contributed by atoms with Crippen molar-refractivity contribution in [2.45, 2.75) is 25.3 Å². The van der Waals surface area contributed by atoms with Gasteiger partial charge in [0.15, 0.2) is 9.84 Å². The van der Waals surface area contributed by atoms with Gasteiger partial charge in [0.25, 0.3) is 5.91 Å². The van der Waals surface area contributed by atoms with Crippen LogP contribution < -0.4 is 10.1 Å². The van der Waals surface area contributed by atoms with Crippen molar-refractivity contribution in [3.8, 4) is 5.75 Å². The molecule has 10 heteroatoms. The predicted molar refractivity (Wildman–Crippen MR) is 117 cm³/mol. The highest BCUT2D eigenvalue weighted by atomic mass is 32.2. The maximum Gasteiger partial charge on any atom is 0.266 e. The van der Waals surface area contributed by atoms with E-state index in [1.807, 2.05) is 24.3 Å². The molecule has 0 spiro atoms. The Bertz CT molecular complexity index is 941. The Balaban J connectivity index is 1.49. The molecule has 0 radical (unpaired) electrons. The highest BCUT2D eigenvalue weighted by Crippen LogP contribution is 2.33. The lowest BCUT2D eigenvalue weighted by Gasteiger charge is -2.15. The van der Waals surface area contributed by atoms with Gasteiger partial charge in [-0.2, -0.15) is 0 Å². The van der Waals surface area contributed by atoms with Crippen molar-refractivity contribution in [2.24, 2.45) is 0 Å². The van der Waals surface area contributed by atoms with E-state index in [1.54, 1.807) is 13.2 Å². The summed E-state index contributed by atoms with van der Waals surface area (Å²) in [6.45, 7) is 0.348. The molecule has 1 unspecified atom stereocenters. The van der Waals surface area contributed by atoms with Crippen LogP contribution in [0.1, 0.15) is 24.8 Å². The van der Waals surface area contributed by atoms with Gasteiger partial charge >= 0.3 is 0 Å². The van der Waals surface area contributed by atoms with Gasteiger partial charge in [-0.1, -0.05) is 36.1 Å². The second-order valence-electron chi connectivity index (χ2n) is 6.88. The normalized spacial score (nSPS) is 22.3. The van der Waals surface area contributed by atoms with E-state index in [2.05, 4.69) is 5.32 Å². The molecule has 0 saturated carbocycles. The van der Waals surface area contributed by atoms with Gasteiger partial charge in [-0.25, -0.2) is 8.42 Å². The molecular weight excluding hydrogens is 432 g/mol. The molecule has 7 nitrogen and oxygen atoms in total. The maximum atomic E-state index is 12.6. The van der Waals surface area contributed by atoms with Crippen LogP contribution in [0.4, 0.5) is 0 Å². The van der Waals surface area contributed by atoms with Crippen LogP contribution in [0.3, 0.4) is 0 Å². The van der Waals surface area contributed by atoms with Gasteiger partial charge in [-0.15, -0.1) is 0 Å². The van der Waals surface area contributed by atoms with Crippen LogP contribution in [-0.4, -0.2) is 60.7 Å². The smallest absolute Gasteiger partial charge is 0.266 e. The molecule has 1 aromatic rings. The molecule has 1 N–H and O–H groups in total.